The second-order valence-corrected chi connectivity index (χ2v) is 9.78. The van der Waals surface area contributed by atoms with E-state index in [-0.39, 0.29) is 42.9 Å². The molecule has 0 radical (unpaired) electrons. The second-order valence-electron chi connectivity index (χ2n) is 7.84. The first-order chi connectivity index (χ1) is 15.9. The number of benzene rings is 2. The third kappa shape index (κ3) is 5.00. The maximum Gasteiger partial charge on any atom is 0.312 e. The fourth-order valence-corrected chi connectivity index (χ4v) is 5.38. The number of hydrogen-bond acceptors (Lipinski definition) is 7. The average molecular weight is 476 g/mol. The first kappa shape index (κ1) is 23.1. The molecule has 4 rings (SSSR count). The number of hydrogen-bond donors (Lipinski definition) is 0. The maximum atomic E-state index is 13.2. The van der Waals surface area contributed by atoms with Gasteiger partial charge in [-0.1, -0.05) is 30.3 Å². The van der Waals surface area contributed by atoms with Gasteiger partial charge in [0.1, 0.15) is 0 Å². The first-order valence-corrected chi connectivity index (χ1v) is 12.2. The minimum atomic E-state index is -3.93. The Morgan fingerprint density at radius 3 is 2.33 bits per heavy atom. The fraction of sp³-hybridized carbons (Fsp3) is 0.409. The van der Waals surface area contributed by atoms with E-state index in [4.69, 9.17) is 9.47 Å². The lowest BCUT2D eigenvalue weighted by molar-refractivity contribution is -0.386. The van der Waals surface area contributed by atoms with Crippen LogP contribution < -0.4 is 4.74 Å². The highest BCUT2D eigenvalue weighted by molar-refractivity contribution is 7.89. The van der Waals surface area contributed by atoms with Gasteiger partial charge in [-0.3, -0.25) is 14.9 Å². The summed E-state index contributed by atoms with van der Waals surface area (Å²) in [6, 6.07) is 12.3. The monoisotopic (exact) mass is 475 g/mol. The Kier molecular flexibility index (Phi) is 6.91. The van der Waals surface area contributed by atoms with E-state index in [0.29, 0.717) is 18.7 Å². The van der Waals surface area contributed by atoms with E-state index < -0.39 is 26.7 Å². The molecule has 1 atom stereocenters. The SMILES string of the molecule is O=C([C@H](Oc1ccc(S(=O)(=O)N2CCOCC2)cc1[N+](=O)[O-])c1ccccc1)N1CCCC1. The highest BCUT2D eigenvalue weighted by Crippen LogP contribution is 2.35. The number of amides is 1. The first-order valence-electron chi connectivity index (χ1n) is 10.7. The average Bonchev–Trinajstić information content (AvgIpc) is 3.38. The normalized spacial score (nSPS) is 18.1. The molecule has 2 fully saturated rings. The molecule has 1 amide bonds. The lowest BCUT2D eigenvalue weighted by Gasteiger charge is -2.26. The van der Waals surface area contributed by atoms with Crippen LogP contribution in [0.1, 0.15) is 24.5 Å². The topological polar surface area (TPSA) is 119 Å². The molecule has 176 valence electrons. The van der Waals surface area contributed by atoms with Crippen molar-refractivity contribution in [3.63, 3.8) is 0 Å². The van der Waals surface area contributed by atoms with E-state index in [2.05, 4.69) is 0 Å². The van der Waals surface area contributed by atoms with Gasteiger partial charge in [0, 0.05) is 37.8 Å². The zero-order valence-electron chi connectivity index (χ0n) is 18.0. The molecule has 0 spiro atoms. The van der Waals surface area contributed by atoms with Crippen molar-refractivity contribution < 1.29 is 27.6 Å². The third-order valence-corrected chi connectivity index (χ3v) is 7.62. The summed E-state index contributed by atoms with van der Waals surface area (Å²) in [5, 5.41) is 11.8. The smallest absolute Gasteiger partial charge is 0.312 e. The molecule has 0 aromatic heterocycles. The van der Waals surface area contributed by atoms with E-state index in [1.807, 2.05) is 0 Å². The summed E-state index contributed by atoms with van der Waals surface area (Å²) in [5.74, 6) is -0.444. The van der Waals surface area contributed by atoms with Crippen molar-refractivity contribution in [3.8, 4) is 5.75 Å². The van der Waals surface area contributed by atoms with Gasteiger partial charge in [0.25, 0.3) is 5.91 Å². The molecule has 10 nitrogen and oxygen atoms in total. The van der Waals surface area contributed by atoms with E-state index in [1.54, 1.807) is 35.2 Å². The standard InChI is InChI=1S/C22H25N3O7S/c26-22(23-10-4-5-11-23)21(17-6-2-1-3-7-17)32-20-9-8-18(16-19(20)25(27)28)33(29,30)24-12-14-31-15-13-24/h1-3,6-9,16,21H,4-5,10-15H2/t21-/m1/s1. The molecule has 0 bridgehead atoms. The van der Waals surface area contributed by atoms with Gasteiger partial charge in [-0.2, -0.15) is 4.31 Å². The summed E-state index contributed by atoms with van der Waals surface area (Å²) in [6.07, 6.45) is 0.702. The van der Waals surface area contributed by atoms with Gasteiger partial charge in [0.15, 0.2) is 5.75 Å². The lowest BCUT2D eigenvalue weighted by atomic mass is 10.1. The summed E-state index contributed by atoms with van der Waals surface area (Å²) in [5.41, 5.74) is 0.0493. The number of morpholine rings is 1. The van der Waals surface area contributed by atoms with Crippen LogP contribution in [0.5, 0.6) is 5.75 Å². The maximum absolute atomic E-state index is 13.2. The molecule has 0 saturated carbocycles. The van der Waals surface area contributed by atoms with Crippen molar-refractivity contribution in [2.75, 3.05) is 39.4 Å². The number of nitro groups is 1. The zero-order valence-corrected chi connectivity index (χ0v) is 18.8. The van der Waals surface area contributed by atoms with Gasteiger partial charge < -0.3 is 14.4 Å². The van der Waals surface area contributed by atoms with Crippen LogP contribution in [0.25, 0.3) is 0 Å². The molecule has 2 aromatic carbocycles. The Labute approximate surface area is 191 Å². The summed E-state index contributed by atoms with van der Waals surface area (Å²) in [7, 11) is -3.93. The van der Waals surface area contributed by atoms with E-state index in [1.165, 1.54) is 16.4 Å². The number of rotatable bonds is 7. The molecule has 0 aliphatic carbocycles. The van der Waals surface area contributed by atoms with Gasteiger partial charge >= 0.3 is 5.69 Å². The van der Waals surface area contributed by atoms with Crippen LogP contribution >= 0.6 is 0 Å². The van der Waals surface area contributed by atoms with Crippen molar-refractivity contribution in [2.45, 2.75) is 23.8 Å². The number of ether oxygens (including phenoxy) is 2. The van der Waals surface area contributed by atoms with E-state index in [0.717, 1.165) is 18.9 Å². The Hall–Kier alpha value is -3.02. The van der Waals surface area contributed by atoms with Crippen molar-refractivity contribution in [3.05, 3.63) is 64.2 Å². The molecular weight excluding hydrogens is 450 g/mol. The minimum absolute atomic E-state index is 0.165. The highest BCUT2D eigenvalue weighted by atomic mass is 32.2. The Balaban J connectivity index is 1.67. The van der Waals surface area contributed by atoms with Crippen LogP contribution in [0.3, 0.4) is 0 Å². The molecular formula is C22H25N3O7S. The number of carbonyl (C=O) groups is 1. The predicted molar refractivity (Wildman–Crippen MR) is 118 cm³/mol. The minimum Gasteiger partial charge on any atom is -0.469 e. The van der Waals surface area contributed by atoms with Crippen molar-refractivity contribution in [2.24, 2.45) is 0 Å². The van der Waals surface area contributed by atoms with Crippen LogP contribution in [-0.4, -0.2) is 67.8 Å². The molecule has 0 unspecified atom stereocenters. The van der Waals surface area contributed by atoms with Gasteiger partial charge in [0.2, 0.25) is 16.1 Å². The molecule has 33 heavy (non-hydrogen) atoms. The number of carbonyl (C=O) groups excluding carboxylic acids is 1. The molecule has 2 heterocycles. The Bertz CT molecular complexity index is 1110. The molecule has 2 aromatic rings. The zero-order chi connectivity index (χ0) is 23.4. The second kappa shape index (κ2) is 9.86. The van der Waals surface area contributed by atoms with E-state index >= 15 is 0 Å². The Morgan fingerprint density at radius 2 is 1.70 bits per heavy atom. The van der Waals surface area contributed by atoms with Gasteiger partial charge in [0.05, 0.1) is 23.0 Å². The van der Waals surface area contributed by atoms with Gasteiger partial charge in [-0.05, 0) is 25.0 Å². The lowest BCUT2D eigenvalue weighted by Crippen LogP contribution is -2.40. The quantitative estimate of drug-likeness (QED) is 0.445. The van der Waals surface area contributed by atoms with Crippen LogP contribution in [0.4, 0.5) is 5.69 Å². The predicted octanol–water partition coefficient (Wildman–Crippen LogP) is 2.36. The highest BCUT2D eigenvalue weighted by Gasteiger charge is 2.33. The van der Waals surface area contributed by atoms with Gasteiger partial charge in [-0.25, -0.2) is 8.42 Å². The van der Waals surface area contributed by atoms with E-state index in [9.17, 15) is 23.3 Å². The summed E-state index contributed by atoms with van der Waals surface area (Å²) >= 11 is 0. The van der Waals surface area contributed by atoms with Crippen LogP contribution in [-0.2, 0) is 19.6 Å². The fourth-order valence-electron chi connectivity index (χ4n) is 3.96. The van der Waals surface area contributed by atoms with Crippen LogP contribution in [0.15, 0.2) is 53.4 Å². The van der Waals surface area contributed by atoms with Crippen LogP contribution in [0.2, 0.25) is 0 Å². The molecule has 2 saturated heterocycles. The molecule has 2 aliphatic heterocycles. The number of sulfonamides is 1. The van der Waals surface area contributed by atoms with Crippen molar-refractivity contribution >= 4 is 21.6 Å². The van der Waals surface area contributed by atoms with Crippen LogP contribution in [0, 0.1) is 10.1 Å². The Morgan fingerprint density at radius 1 is 1.03 bits per heavy atom. The summed E-state index contributed by atoms with van der Waals surface area (Å²) < 4.78 is 38.2. The number of nitro benzene ring substituents is 1. The number of nitrogens with zero attached hydrogens (tertiary/aromatic N) is 3. The molecule has 2 aliphatic rings. The summed E-state index contributed by atoms with van der Waals surface area (Å²) in [6.45, 7) is 2.08. The van der Waals surface area contributed by atoms with Gasteiger partial charge in [-0.15, -0.1) is 0 Å². The third-order valence-electron chi connectivity index (χ3n) is 5.72. The van der Waals surface area contributed by atoms with Crippen molar-refractivity contribution in [1.29, 1.82) is 0 Å². The van der Waals surface area contributed by atoms with Crippen molar-refractivity contribution in [1.82, 2.24) is 9.21 Å². The number of likely N-dealkylation sites (tertiary alicyclic amines) is 1. The molecule has 0 N–H and O–H groups in total. The largest absolute Gasteiger partial charge is 0.469 e. The summed E-state index contributed by atoms with van der Waals surface area (Å²) in [4.78, 5) is 25.8. The molecule has 11 heteroatoms.